The predicted octanol–water partition coefficient (Wildman–Crippen LogP) is 3.17. The number of carbonyl (C=O) groups excluding carboxylic acids is 1. The van der Waals surface area contributed by atoms with Gasteiger partial charge in [0.05, 0.1) is 23.3 Å². The Hall–Kier alpha value is -3.88. The number of carbonyl (C=O) groups is 2. The minimum absolute atomic E-state index is 0.128. The Labute approximate surface area is 180 Å². The van der Waals surface area contributed by atoms with Crippen molar-refractivity contribution in [3.05, 3.63) is 64.2 Å². The van der Waals surface area contributed by atoms with Crippen molar-refractivity contribution in [2.24, 2.45) is 0 Å². The summed E-state index contributed by atoms with van der Waals surface area (Å²) in [7, 11) is 0. The Morgan fingerprint density at radius 2 is 1.90 bits per heavy atom. The molecule has 8 nitrogen and oxygen atoms in total. The fraction of sp³-hybridized carbons (Fsp3) is 0.304. The van der Waals surface area contributed by atoms with E-state index in [9.17, 15) is 20.0 Å². The number of amides is 2. The number of piperazine rings is 1. The van der Waals surface area contributed by atoms with E-state index >= 15 is 0 Å². The van der Waals surface area contributed by atoms with Gasteiger partial charge in [0.25, 0.3) is 5.91 Å². The molecule has 0 saturated carbocycles. The number of benzene rings is 2. The summed E-state index contributed by atoms with van der Waals surface area (Å²) < 4.78 is 0. The Morgan fingerprint density at radius 1 is 1.16 bits per heavy atom. The van der Waals surface area contributed by atoms with Gasteiger partial charge in [0.2, 0.25) is 0 Å². The molecule has 0 aromatic heterocycles. The topological polar surface area (TPSA) is 120 Å². The lowest BCUT2D eigenvalue weighted by molar-refractivity contribution is 0.0710. The van der Waals surface area contributed by atoms with Crippen molar-refractivity contribution in [1.82, 2.24) is 9.80 Å². The number of hydrogen-bond donors (Lipinski definition) is 2. The maximum atomic E-state index is 12.7. The van der Waals surface area contributed by atoms with E-state index in [1.807, 2.05) is 19.9 Å². The molecular weight excluding hydrogens is 394 g/mol. The molecule has 2 N–H and O–H groups in total. The van der Waals surface area contributed by atoms with E-state index in [1.54, 1.807) is 30.3 Å². The van der Waals surface area contributed by atoms with Gasteiger partial charge in [0.1, 0.15) is 0 Å². The molecule has 1 atom stereocenters. The van der Waals surface area contributed by atoms with Crippen molar-refractivity contribution < 1.29 is 14.7 Å². The van der Waals surface area contributed by atoms with E-state index in [2.05, 4.69) is 16.3 Å². The van der Waals surface area contributed by atoms with E-state index in [0.717, 1.165) is 11.1 Å². The molecule has 1 aliphatic heterocycles. The highest BCUT2D eigenvalue weighted by atomic mass is 16.4. The van der Waals surface area contributed by atoms with E-state index < -0.39 is 6.09 Å². The minimum atomic E-state index is -0.916. The molecule has 2 aromatic rings. The number of hydrogen-bond acceptors (Lipinski definition) is 5. The molecule has 3 rings (SSSR count). The fourth-order valence-corrected chi connectivity index (χ4v) is 3.76. The van der Waals surface area contributed by atoms with Crippen LogP contribution in [-0.2, 0) is 6.54 Å². The summed E-state index contributed by atoms with van der Waals surface area (Å²) in [6.45, 7) is 5.91. The molecule has 1 fully saturated rings. The van der Waals surface area contributed by atoms with Crippen LogP contribution in [0.25, 0.3) is 0 Å². The van der Waals surface area contributed by atoms with Gasteiger partial charge in [-0.25, -0.2) is 4.79 Å². The highest BCUT2D eigenvalue weighted by Gasteiger charge is 2.27. The lowest BCUT2D eigenvalue weighted by Crippen LogP contribution is -2.53. The molecule has 1 saturated heterocycles. The van der Waals surface area contributed by atoms with Gasteiger partial charge in [0.15, 0.2) is 0 Å². The third-order valence-corrected chi connectivity index (χ3v) is 5.50. The van der Waals surface area contributed by atoms with Crippen LogP contribution in [0.5, 0.6) is 0 Å². The van der Waals surface area contributed by atoms with Crippen molar-refractivity contribution >= 4 is 17.7 Å². The van der Waals surface area contributed by atoms with Gasteiger partial charge in [-0.15, -0.1) is 0 Å². The van der Waals surface area contributed by atoms with E-state index in [-0.39, 0.29) is 11.9 Å². The smallest absolute Gasteiger partial charge is 0.407 e. The average Bonchev–Trinajstić information content (AvgIpc) is 2.76. The minimum Gasteiger partial charge on any atom is -0.465 e. The van der Waals surface area contributed by atoms with Gasteiger partial charge in [-0.1, -0.05) is 6.07 Å². The van der Waals surface area contributed by atoms with Gasteiger partial charge in [-0.3, -0.25) is 9.69 Å². The Bertz CT molecular complexity index is 1100. The van der Waals surface area contributed by atoms with Crippen LogP contribution in [0.2, 0.25) is 0 Å². The van der Waals surface area contributed by atoms with E-state index in [4.69, 9.17) is 5.26 Å². The van der Waals surface area contributed by atoms with Crippen LogP contribution in [0.4, 0.5) is 10.5 Å². The second-order valence-electron chi connectivity index (χ2n) is 7.63. The molecule has 2 amide bonds. The molecule has 1 unspecified atom stereocenters. The number of nitrogens with one attached hydrogen (secondary N) is 1. The van der Waals surface area contributed by atoms with Crippen LogP contribution in [0.15, 0.2) is 36.4 Å². The maximum Gasteiger partial charge on any atom is 0.407 e. The molecule has 31 heavy (non-hydrogen) atoms. The van der Waals surface area contributed by atoms with Crippen molar-refractivity contribution in [2.75, 3.05) is 25.0 Å². The molecule has 0 aliphatic carbocycles. The van der Waals surface area contributed by atoms with Crippen LogP contribution in [0.1, 0.15) is 39.5 Å². The van der Waals surface area contributed by atoms with Crippen molar-refractivity contribution in [1.29, 1.82) is 10.5 Å². The summed E-state index contributed by atoms with van der Waals surface area (Å²) in [4.78, 5) is 27.6. The molecule has 0 radical (unpaired) electrons. The summed E-state index contributed by atoms with van der Waals surface area (Å²) >= 11 is 0. The van der Waals surface area contributed by atoms with Crippen LogP contribution < -0.4 is 5.32 Å². The van der Waals surface area contributed by atoms with Gasteiger partial charge in [-0.05, 0) is 55.3 Å². The Kier molecular flexibility index (Phi) is 6.54. The molecule has 158 valence electrons. The molecule has 0 spiro atoms. The highest BCUT2D eigenvalue weighted by molar-refractivity contribution is 6.05. The zero-order valence-electron chi connectivity index (χ0n) is 17.4. The van der Waals surface area contributed by atoms with Crippen LogP contribution >= 0.6 is 0 Å². The summed E-state index contributed by atoms with van der Waals surface area (Å²) in [6.07, 6.45) is -0.916. The van der Waals surface area contributed by atoms with Gasteiger partial charge >= 0.3 is 6.09 Å². The lowest BCUT2D eigenvalue weighted by Gasteiger charge is -2.38. The van der Waals surface area contributed by atoms with Crippen molar-refractivity contribution in [3.63, 3.8) is 0 Å². The number of anilines is 1. The Balaban J connectivity index is 1.81. The summed E-state index contributed by atoms with van der Waals surface area (Å²) in [5.74, 6) is -0.357. The normalized spacial score (nSPS) is 16.3. The number of carboxylic acid groups (broad SMARTS) is 1. The highest BCUT2D eigenvalue weighted by Crippen LogP contribution is 2.25. The first kappa shape index (κ1) is 21.8. The quantitative estimate of drug-likeness (QED) is 0.788. The molecule has 0 bridgehead atoms. The summed E-state index contributed by atoms with van der Waals surface area (Å²) in [5.41, 5.74) is 3.47. The predicted molar refractivity (Wildman–Crippen MR) is 114 cm³/mol. The van der Waals surface area contributed by atoms with Crippen LogP contribution in [-0.4, -0.2) is 52.6 Å². The van der Waals surface area contributed by atoms with Crippen LogP contribution in [0.3, 0.4) is 0 Å². The largest absolute Gasteiger partial charge is 0.465 e. The number of rotatable bonds is 4. The zero-order valence-corrected chi connectivity index (χ0v) is 17.4. The average molecular weight is 417 g/mol. The maximum absolute atomic E-state index is 12.7. The second kappa shape index (κ2) is 9.29. The standard InChI is InChI=1S/C23H23N5O3/c1-15-13-27(6-7-28(15)23(30)31)14-20-9-18(12-25)10-21(16(20)2)26-22(29)19-5-3-4-17(8-19)11-24/h3-5,8-10,15H,6-7,13-14H2,1-2H3,(H,26,29)(H,30,31). The first-order valence-corrected chi connectivity index (χ1v) is 9.89. The van der Waals surface area contributed by atoms with E-state index in [0.29, 0.717) is 48.6 Å². The summed E-state index contributed by atoms with van der Waals surface area (Å²) in [5, 5.41) is 30.6. The molecule has 8 heteroatoms. The SMILES string of the molecule is Cc1c(CN2CCN(C(=O)O)C(C)C2)cc(C#N)cc1NC(=O)c1cccc(C#N)c1. The molecule has 2 aromatic carbocycles. The van der Waals surface area contributed by atoms with Crippen LogP contribution in [0, 0.1) is 29.6 Å². The Morgan fingerprint density at radius 3 is 2.55 bits per heavy atom. The number of nitriles is 2. The second-order valence-corrected chi connectivity index (χ2v) is 7.63. The third-order valence-electron chi connectivity index (χ3n) is 5.50. The molecule has 1 aliphatic rings. The number of nitrogens with zero attached hydrogens (tertiary/aromatic N) is 4. The first-order valence-electron chi connectivity index (χ1n) is 9.89. The third kappa shape index (κ3) is 5.00. The zero-order chi connectivity index (χ0) is 22.5. The van der Waals surface area contributed by atoms with Gasteiger partial charge < -0.3 is 15.3 Å². The summed E-state index contributed by atoms with van der Waals surface area (Å²) in [6, 6.07) is 13.9. The van der Waals surface area contributed by atoms with Crippen molar-refractivity contribution in [2.45, 2.75) is 26.4 Å². The monoisotopic (exact) mass is 417 g/mol. The first-order chi connectivity index (χ1) is 14.8. The lowest BCUT2D eigenvalue weighted by atomic mass is 10.0. The van der Waals surface area contributed by atoms with Crippen molar-refractivity contribution in [3.8, 4) is 12.1 Å². The van der Waals surface area contributed by atoms with Gasteiger partial charge in [-0.2, -0.15) is 10.5 Å². The molecular formula is C23H23N5O3. The van der Waals surface area contributed by atoms with E-state index in [1.165, 1.54) is 11.0 Å². The fourth-order valence-electron chi connectivity index (χ4n) is 3.76. The van der Waals surface area contributed by atoms with Gasteiger partial charge in [0, 0.05) is 43.5 Å². The molecule has 1 heterocycles.